The molecule has 280 valence electrons. The van der Waals surface area contributed by atoms with Gasteiger partial charge in [0, 0.05) is 44.1 Å². The Balaban J connectivity index is 0.965. The van der Waals surface area contributed by atoms with Crippen molar-refractivity contribution in [1.82, 2.24) is 19.5 Å². The van der Waals surface area contributed by atoms with Gasteiger partial charge in [0.2, 0.25) is 5.71 Å². The van der Waals surface area contributed by atoms with Gasteiger partial charge in [-0.15, -0.1) is 0 Å². The van der Waals surface area contributed by atoms with E-state index in [0.29, 0.717) is 5.82 Å². The summed E-state index contributed by atoms with van der Waals surface area (Å²) in [6.07, 6.45) is 0. The molecular weight excluding hydrogens is 733 g/mol. The third kappa shape index (κ3) is 5.52. The van der Waals surface area contributed by atoms with Gasteiger partial charge in [0.25, 0.3) is 0 Å². The van der Waals surface area contributed by atoms with E-state index in [9.17, 15) is 0 Å². The van der Waals surface area contributed by atoms with Crippen molar-refractivity contribution in [3.05, 3.63) is 206 Å². The highest BCUT2D eigenvalue weighted by Crippen LogP contribution is 2.45. The Morgan fingerprint density at radius 2 is 0.967 bits per heavy atom. The number of hydrogen-bond donors (Lipinski definition) is 0. The molecule has 60 heavy (non-hydrogen) atoms. The van der Waals surface area contributed by atoms with E-state index in [1.54, 1.807) is 0 Å². The molecule has 12 rings (SSSR count). The average molecular weight is 767 g/mol. The third-order valence-corrected chi connectivity index (χ3v) is 11.6. The molecule has 0 saturated heterocycles. The van der Waals surface area contributed by atoms with Crippen molar-refractivity contribution in [2.24, 2.45) is 0 Å². The SMILES string of the molecule is c1ccc(-c2cc(-c3ccc(-c4ccc(-n5c6ccccc6c6c7c(oc65)c(-c5cccc6ccccc56)nc5ccccc57)cc4)cc3)nc(-c3ccccc3)n2)cc1. The number of fused-ring (bicyclic) bond motifs is 8. The number of furan rings is 1. The van der Waals surface area contributed by atoms with Gasteiger partial charge in [0.05, 0.1) is 27.8 Å². The smallest absolute Gasteiger partial charge is 0.213 e. The summed E-state index contributed by atoms with van der Waals surface area (Å²) in [5, 5.41) is 6.71. The van der Waals surface area contributed by atoms with Crippen LogP contribution in [0.2, 0.25) is 0 Å². The molecule has 0 saturated carbocycles. The molecule has 12 aromatic rings. The normalized spacial score (nSPS) is 11.7. The second-order valence-electron chi connectivity index (χ2n) is 15.2. The summed E-state index contributed by atoms with van der Waals surface area (Å²) < 4.78 is 9.35. The summed E-state index contributed by atoms with van der Waals surface area (Å²) in [4.78, 5) is 15.3. The van der Waals surface area contributed by atoms with E-state index in [4.69, 9.17) is 19.4 Å². The minimum atomic E-state index is 0.706. The summed E-state index contributed by atoms with van der Waals surface area (Å²) in [5.41, 5.74) is 13.6. The maximum atomic E-state index is 7.10. The number of benzene rings is 8. The second kappa shape index (κ2) is 13.8. The fraction of sp³-hybridized carbons (Fsp3) is 0. The summed E-state index contributed by atoms with van der Waals surface area (Å²) in [7, 11) is 0. The largest absolute Gasteiger partial charge is 0.437 e. The number of hydrogen-bond acceptors (Lipinski definition) is 4. The Bertz CT molecular complexity index is 3510. The van der Waals surface area contributed by atoms with Crippen molar-refractivity contribution in [3.63, 3.8) is 0 Å². The summed E-state index contributed by atoms with van der Waals surface area (Å²) >= 11 is 0. The van der Waals surface area contributed by atoms with Crippen LogP contribution in [0.4, 0.5) is 0 Å². The van der Waals surface area contributed by atoms with Crippen LogP contribution in [0.1, 0.15) is 0 Å². The molecule has 0 spiro atoms. The molecule has 0 bridgehead atoms. The summed E-state index contributed by atoms with van der Waals surface area (Å²) in [6, 6.07) is 71.8. The first-order valence-electron chi connectivity index (χ1n) is 20.2. The lowest BCUT2D eigenvalue weighted by Gasteiger charge is -2.11. The number of para-hydroxylation sites is 2. The van der Waals surface area contributed by atoms with Gasteiger partial charge in [-0.05, 0) is 52.2 Å². The Morgan fingerprint density at radius 1 is 0.400 bits per heavy atom. The van der Waals surface area contributed by atoms with Gasteiger partial charge in [-0.25, -0.2) is 15.0 Å². The molecule has 0 atom stereocenters. The molecule has 4 aromatic heterocycles. The molecule has 5 heteroatoms. The zero-order chi connectivity index (χ0) is 39.6. The second-order valence-corrected chi connectivity index (χ2v) is 15.2. The molecule has 5 nitrogen and oxygen atoms in total. The highest BCUT2D eigenvalue weighted by Gasteiger charge is 2.25. The average Bonchev–Trinajstić information content (AvgIpc) is 3.87. The Kier molecular flexibility index (Phi) is 7.78. The van der Waals surface area contributed by atoms with Crippen LogP contribution >= 0.6 is 0 Å². The molecule has 0 unspecified atom stereocenters. The lowest BCUT2D eigenvalue weighted by atomic mass is 9.98. The van der Waals surface area contributed by atoms with E-state index >= 15 is 0 Å². The highest BCUT2D eigenvalue weighted by atomic mass is 16.3. The number of rotatable bonds is 6. The van der Waals surface area contributed by atoms with Crippen molar-refractivity contribution in [2.75, 3.05) is 0 Å². The minimum Gasteiger partial charge on any atom is -0.437 e. The van der Waals surface area contributed by atoms with Gasteiger partial charge in [-0.3, -0.25) is 4.57 Å². The fourth-order valence-electron chi connectivity index (χ4n) is 8.77. The van der Waals surface area contributed by atoms with Crippen LogP contribution in [0, 0.1) is 0 Å². The minimum absolute atomic E-state index is 0.706. The highest BCUT2D eigenvalue weighted by molar-refractivity contribution is 6.28. The third-order valence-electron chi connectivity index (χ3n) is 11.6. The van der Waals surface area contributed by atoms with Gasteiger partial charge in [-0.2, -0.15) is 0 Å². The van der Waals surface area contributed by atoms with Crippen molar-refractivity contribution >= 4 is 54.6 Å². The molecule has 0 aliphatic carbocycles. The van der Waals surface area contributed by atoms with Crippen LogP contribution in [-0.2, 0) is 0 Å². The van der Waals surface area contributed by atoms with E-state index in [-0.39, 0.29) is 0 Å². The first kappa shape index (κ1) is 33.9. The van der Waals surface area contributed by atoms with Crippen LogP contribution < -0.4 is 0 Å². The standard InChI is InChI=1S/C55H34N4O/c1-3-15-38(16-4-1)47-34-48(58-54(57-47)40-17-5-2-6-18-40)39-28-26-35(27-29-39)36-30-32-41(33-31-36)59-49-25-12-10-22-45(49)51-50-44-21-9-11-24-46(44)56-52(53(50)60-55(51)59)43-23-13-19-37-14-7-8-20-42(37)43/h1-34H. The molecule has 0 amide bonds. The van der Waals surface area contributed by atoms with Crippen LogP contribution in [0.5, 0.6) is 0 Å². The fourth-order valence-corrected chi connectivity index (χ4v) is 8.77. The molecule has 0 fully saturated rings. The van der Waals surface area contributed by atoms with Crippen molar-refractivity contribution in [3.8, 4) is 62.0 Å². The van der Waals surface area contributed by atoms with E-state index in [1.807, 2.05) is 36.4 Å². The first-order chi connectivity index (χ1) is 29.7. The molecule has 0 aliphatic heterocycles. The topological polar surface area (TPSA) is 56.7 Å². The van der Waals surface area contributed by atoms with Crippen molar-refractivity contribution in [2.45, 2.75) is 0 Å². The predicted octanol–water partition coefficient (Wildman–Crippen LogP) is 14.4. The van der Waals surface area contributed by atoms with Crippen LogP contribution in [0.25, 0.3) is 117 Å². The quantitative estimate of drug-likeness (QED) is 0.169. The number of nitrogens with zero attached hydrogens (tertiary/aromatic N) is 4. The van der Waals surface area contributed by atoms with Gasteiger partial charge >= 0.3 is 0 Å². The Hall–Kier alpha value is -8.15. The lowest BCUT2D eigenvalue weighted by molar-refractivity contribution is 0.645. The number of pyridine rings is 1. The molecule has 4 heterocycles. The Morgan fingerprint density at radius 3 is 1.72 bits per heavy atom. The maximum Gasteiger partial charge on any atom is 0.213 e. The first-order valence-corrected chi connectivity index (χ1v) is 20.2. The van der Waals surface area contributed by atoms with Gasteiger partial charge in [0.1, 0.15) is 5.69 Å². The van der Waals surface area contributed by atoms with Gasteiger partial charge < -0.3 is 4.42 Å². The van der Waals surface area contributed by atoms with Crippen LogP contribution in [0.3, 0.4) is 0 Å². The van der Waals surface area contributed by atoms with E-state index in [1.165, 1.54) is 5.39 Å². The zero-order valence-electron chi connectivity index (χ0n) is 32.3. The summed E-state index contributed by atoms with van der Waals surface area (Å²) in [6.45, 7) is 0. The lowest BCUT2D eigenvalue weighted by Crippen LogP contribution is -1.96. The monoisotopic (exact) mass is 766 g/mol. The molecular formula is C55H34N4O. The van der Waals surface area contributed by atoms with Crippen molar-refractivity contribution in [1.29, 1.82) is 0 Å². The maximum absolute atomic E-state index is 7.10. The molecule has 8 aromatic carbocycles. The van der Waals surface area contributed by atoms with Crippen molar-refractivity contribution < 1.29 is 4.42 Å². The van der Waals surface area contributed by atoms with E-state index in [0.717, 1.165) is 105 Å². The molecule has 0 N–H and O–H groups in total. The molecule has 0 aliphatic rings. The van der Waals surface area contributed by atoms with Crippen LogP contribution in [0.15, 0.2) is 211 Å². The van der Waals surface area contributed by atoms with Gasteiger partial charge in [0.15, 0.2) is 11.4 Å². The Labute approximate surface area is 345 Å². The van der Waals surface area contributed by atoms with E-state index < -0.39 is 0 Å². The predicted molar refractivity (Wildman–Crippen MR) is 246 cm³/mol. The van der Waals surface area contributed by atoms with Gasteiger partial charge in [-0.1, -0.05) is 176 Å². The van der Waals surface area contributed by atoms with E-state index in [2.05, 4.69) is 174 Å². The molecule has 0 radical (unpaired) electrons. The van der Waals surface area contributed by atoms with Crippen LogP contribution in [-0.4, -0.2) is 19.5 Å². The number of aromatic nitrogens is 4. The summed E-state index contributed by atoms with van der Waals surface area (Å²) in [5.74, 6) is 0.706. The zero-order valence-corrected chi connectivity index (χ0v) is 32.3.